The van der Waals surface area contributed by atoms with Crippen LogP contribution >= 0.6 is 0 Å². The normalized spacial score (nSPS) is 18.7. The van der Waals surface area contributed by atoms with Crippen LogP contribution in [0.5, 0.6) is 5.75 Å². The minimum absolute atomic E-state index is 0.116. The highest BCUT2D eigenvalue weighted by molar-refractivity contribution is 5.34. The molecule has 1 saturated carbocycles. The molecule has 1 aromatic carbocycles. The molecule has 2 nitrogen and oxygen atoms in total. The summed E-state index contributed by atoms with van der Waals surface area (Å²) in [5.41, 5.74) is -0.249. The van der Waals surface area contributed by atoms with Gasteiger partial charge in [-0.05, 0) is 24.8 Å². The van der Waals surface area contributed by atoms with Crippen molar-refractivity contribution in [3.8, 4) is 5.75 Å². The Bertz CT molecular complexity index is 491. The van der Waals surface area contributed by atoms with E-state index in [-0.39, 0.29) is 12.2 Å². The third kappa shape index (κ3) is 4.77. The lowest BCUT2D eigenvalue weighted by atomic mass is 9.89. The van der Waals surface area contributed by atoms with E-state index in [0.717, 1.165) is 12.8 Å². The number of alkyl halides is 3. The topological polar surface area (TPSA) is 29.5 Å². The summed E-state index contributed by atoms with van der Waals surface area (Å²) in [6.07, 6.45) is 2.74. The Morgan fingerprint density at radius 3 is 2.50 bits per heavy atom. The second-order valence-corrected chi connectivity index (χ2v) is 5.64. The van der Waals surface area contributed by atoms with E-state index < -0.39 is 18.0 Å². The van der Waals surface area contributed by atoms with Crippen molar-refractivity contribution in [3.05, 3.63) is 42.0 Å². The summed E-state index contributed by atoms with van der Waals surface area (Å²) in [4.78, 5) is 0. The van der Waals surface area contributed by atoms with E-state index in [0.29, 0.717) is 5.92 Å². The zero-order valence-electron chi connectivity index (χ0n) is 12.4. The molecule has 2 rings (SSSR count). The van der Waals surface area contributed by atoms with Gasteiger partial charge < -0.3 is 9.84 Å². The molecule has 0 amide bonds. The van der Waals surface area contributed by atoms with Crippen LogP contribution < -0.4 is 0 Å². The molecular formula is C17H21F3O2. The minimum Gasteiger partial charge on any atom is -0.508 e. The van der Waals surface area contributed by atoms with Crippen molar-refractivity contribution in [2.75, 3.05) is 6.61 Å². The van der Waals surface area contributed by atoms with E-state index in [1.54, 1.807) is 6.08 Å². The highest BCUT2D eigenvalue weighted by Gasteiger charge is 2.43. The van der Waals surface area contributed by atoms with E-state index in [1.165, 1.54) is 43.5 Å². The summed E-state index contributed by atoms with van der Waals surface area (Å²) in [5.74, 6) is 0.0490. The molecule has 1 aromatic rings. The third-order valence-electron chi connectivity index (χ3n) is 3.93. The van der Waals surface area contributed by atoms with Gasteiger partial charge in [0.2, 0.25) is 0 Å². The zero-order valence-corrected chi connectivity index (χ0v) is 12.4. The van der Waals surface area contributed by atoms with Gasteiger partial charge in [0.25, 0.3) is 0 Å². The summed E-state index contributed by atoms with van der Waals surface area (Å²) in [7, 11) is 0. The predicted octanol–water partition coefficient (Wildman–Crippen LogP) is 5.15. The van der Waals surface area contributed by atoms with E-state index in [9.17, 15) is 18.3 Å². The fraction of sp³-hybridized carbons (Fsp3) is 0.529. The van der Waals surface area contributed by atoms with E-state index in [2.05, 4.69) is 0 Å². The average molecular weight is 314 g/mol. The van der Waals surface area contributed by atoms with Crippen LogP contribution in [0.2, 0.25) is 0 Å². The second-order valence-electron chi connectivity index (χ2n) is 5.64. The number of hydrogen-bond acceptors (Lipinski definition) is 2. The molecule has 0 saturated heterocycles. The highest BCUT2D eigenvalue weighted by atomic mass is 19.4. The number of phenols is 1. The molecule has 5 heteroatoms. The third-order valence-corrected chi connectivity index (χ3v) is 3.93. The average Bonchev–Trinajstić information content (AvgIpc) is 2.48. The molecule has 0 spiro atoms. The maximum absolute atomic E-state index is 13.1. The standard InChI is InChI=1S/C17H21F3O2/c18-17(19,20)16(14-10-4-5-11-15(14)21)22-12-6-9-13-7-2-1-3-8-13/h4-6,9-11,13,16,21H,1-3,7-8,12H2/b9-6-. The van der Waals surface area contributed by atoms with Crippen molar-refractivity contribution in [3.63, 3.8) is 0 Å². The van der Waals surface area contributed by atoms with Crippen molar-refractivity contribution in [1.29, 1.82) is 0 Å². The van der Waals surface area contributed by atoms with Crippen LogP contribution in [-0.2, 0) is 4.74 Å². The first-order valence-electron chi connectivity index (χ1n) is 7.61. The number of phenolic OH excluding ortho intramolecular Hbond substituents is 1. The van der Waals surface area contributed by atoms with Crippen molar-refractivity contribution < 1.29 is 23.0 Å². The van der Waals surface area contributed by atoms with E-state index in [4.69, 9.17) is 4.74 Å². The van der Waals surface area contributed by atoms with Crippen LogP contribution in [-0.4, -0.2) is 17.9 Å². The summed E-state index contributed by atoms with van der Waals surface area (Å²) >= 11 is 0. The largest absolute Gasteiger partial charge is 0.508 e. The SMILES string of the molecule is Oc1ccccc1C(OC/C=C\C1CCCCC1)C(F)(F)F. The first-order chi connectivity index (χ1) is 10.5. The van der Waals surface area contributed by atoms with Gasteiger partial charge in [-0.25, -0.2) is 0 Å². The van der Waals surface area contributed by atoms with Gasteiger partial charge in [0, 0.05) is 5.56 Å². The summed E-state index contributed by atoms with van der Waals surface area (Å²) in [6.45, 7) is -0.116. The van der Waals surface area contributed by atoms with Gasteiger partial charge in [0.05, 0.1) is 6.61 Å². The summed E-state index contributed by atoms with van der Waals surface area (Å²) in [5, 5.41) is 9.61. The van der Waals surface area contributed by atoms with Gasteiger partial charge in [-0.15, -0.1) is 0 Å². The lowest BCUT2D eigenvalue weighted by Crippen LogP contribution is -2.24. The Morgan fingerprint density at radius 1 is 1.18 bits per heavy atom. The minimum atomic E-state index is -4.56. The van der Waals surface area contributed by atoms with E-state index in [1.807, 2.05) is 6.08 Å². The number of rotatable bonds is 5. The predicted molar refractivity (Wildman–Crippen MR) is 78.6 cm³/mol. The van der Waals surface area contributed by atoms with Gasteiger partial charge >= 0.3 is 6.18 Å². The first kappa shape index (κ1) is 16.9. The van der Waals surface area contributed by atoms with Gasteiger partial charge in [0.1, 0.15) is 5.75 Å². The fourth-order valence-corrected chi connectivity index (χ4v) is 2.80. The lowest BCUT2D eigenvalue weighted by Gasteiger charge is -2.21. The molecule has 1 atom stereocenters. The van der Waals surface area contributed by atoms with Gasteiger partial charge in [-0.1, -0.05) is 49.6 Å². The molecule has 1 aliphatic carbocycles. The molecule has 0 aromatic heterocycles. The van der Waals surface area contributed by atoms with Gasteiger partial charge in [0.15, 0.2) is 6.10 Å². The molecule has 1 aliphatic rings. The number of ether oxygens (including phenoxy) is 1. The van der Waals surface area contributed by atoms with Crippen LogP contribution in [0.3, 0.4) is 0 Å². The Hall–Kier alpha value is -1.49. The summed E-state index contributed by atoms with van der Waals surface area (Å²) < 4.78 is 44.3. The lowest BCUT2D eigenvalue weighted by molar-refractivity contribution is -0.221. The molecule has 1 fully saturated rings. The quantitative estimate of drug-likeness (QED) is 0.762. The monoisotopic (exact) mass is 314 g/mol. The molecule has 0 heterocycles. The first-order valence-corrected chi connectivity index (χ1v) is 7.61. The van der Waals surface area contributed by atoms with Crippen LogP contribution in [0.25, 0.3) is 0 Å². The summed E-state index contributed by atoms with van der Waals surface area (Å²) in [6, 6.07) is 5.40. The van der Waals surface area contributed by atoms with Gasteiger partial charge in [-0.2, -0.15) is 13.2 Å². The second kappa shape index (κ2) is 7.68. The number of halogens is 3. The zero-order chi connectivity index (χ0) is 16.0. The van der Waals surface area contributed by atoms with Crippen LogP contribution in [0, 0.1) is 5.92 Å². The molecule has 22 heavy (non-hydrogen) atoms. The Labute approximate surface area is 128 Å². The smallest absolute Gasteiger partial charge is 0.419 e. The molecular weight excluding hydrogens is 293 g/mol. The molecule has 0 bridgehead atoms. The van der Waals surface area contributed by atoms with Crippen molar-refractivity contribution in [2.45, 2.75) is 44.4 Å². The maximum Gasteiger partial charge on any atom is 0.419 e. The number of allylic oxidation sites excluding steroid dienone is 1. The van der Waals surface area contributed by atoms with Crippen LogP contribution in [0.15, 0.2) is 36.4 Å². The highest BCUT2D eigenvalue weighted by Crippen LogP contribution is 2.39. The molecule has 1 N–H and O–H groups in total. The Balaban J connectivity index is 1.96. The Kier molecular flexibility index (Phi) is 5.89. The molecule has 1 unspecified atom stereocenters. The number of para-hydroxylation sites is 1. The number of aromatic hydroxyl groups is 1. The van der Waals surface area contributed by atoms with Crippen LogP contribution in [0.1, 0.15) is 43.8 Å². The van der Waals surface area contributed by atoms with Crippen molar-refractivity contribution in [2.24, 2.45) is 5.92 Å². The number of benzene rings is 1. The molecule has 122 valence electrons. The van der Waals surface area contributed by atoms with Gasteiger partial charge in [-0.3, -0.25) is 0 Å². The molecule has 0 aliphatic heterocycles. The fourth-order valence-electron chi connectivity index (χ4n) is 2.80. The Morgan fingerprint density at radius 2 is 1.86 bits per heavy atom. The van der Waals surface area contributed by atoms with Crippen molar-refractivity contribution >= 4 is 0 Å². The van der Waals surface area contributed by atoms with Crippen molar-refractivity contribution in [1.82, 2.24) is 0 Å². The van der Waals surface area contributed by atoms with Crippen LogP contribution in [0.4, 0.5) is 13.2 Å². The number of hydrogen-bond donors (Lipinski definition) is 1. The van der Waals surface area contributed by atoms with E-state index >= 15 is 0 Å². The molecule has 0 radical (unpaired) electrons. The maximum atomic E-state index is 13.1.